The van der Waals surface area contributed by atoms with Gasteiger partial charge in [-0.25, -0.2) is 13.8 Å². The predicted molar refractivity (Wildman–Crippen MR) is 94.8 cm³/mol. The van der Waals surface area contributed by atoms with E-state index in [4.69, 9.17) is 0 Å². The first-order valence-corrected chi connectivity index (χ1v) is 8.97. The molecule has 9 heteroatoms. The highest BCUT2D eigenvalue weighted by Crippen LogP contribution is 2.28. The number of fused-ring (bicyclic) bond motifs is 1. The van der Waals surface area contributed by atoms with Crippen LogP contribution < -0.4 is 10.1 Å². The average molecular weight is 373 g/mol. The van der Waals surface area contributed by atoms with Gasteiger partial charge in [-0.1, -0.05) is 12.1 Å². The second-order valence-electron chi connectivity index (χ2n) is 5.51. The molecule has 1 aliphatic rings. The Bertz CT molecular complexity index is 1040. The fourth-order valence-corrected chi connectivity index (χ4v) is 3.66. The van der Waals surface area contributed by atoms with Gasteiger partial charge in [0.25, 0.3) is 15.9 Å². The number of aliphatic hydroxyl groups is 1. The minimum Gasteiger partial charge on any atom is -0.508 e. The van der Waals surface area contributed by atoms with Crippen molar-refractivity contribution in [3.05, 3.63) is 65.4 Å². The molecule has 3 rings (SSSR count). The van der Waals surface area contributed by atoms with E-state index >= 15 is 0 Å². The summed E-state index contributed by atoms with van der Waals surface area (Å²) in [4.78, 5) is 12.2. The molecule has 0 aromatic heterocycles. The van der Waals surface area contributed by atoms with Gasteiger partial charge in [-0.15, -0.1) is 0 Å². The Morgan fingerprint density at radius 2 is 1.73 bits per heavy atom. The third-order valence-corrected chi connectivity index (χ3v) is 5.15. The zero-order valence-corrected chi connectivity index (χ0v) is 14.4. The molecule has 0 aliphatic carbocycles. The molecule has 2 aromatic carbocycles. The lowest BCUT2D eigenvalue weighted by atomic mass is 10.1. The molecular formula is C17H15N3O5S. The number of phenolic OH excluding ortho intramolecular Hbond substituents is 1. The number of sulfonamides is 1. The number of aliphatic hydroxyl groups excluding tert-OH is 1. The fraction of sp³-hybridized carbons (Fsp3) is 0.0588. The van der Waals surface area contributed by atoms with Crippen molar-refractivity contribution in [1.29, 1.82) is 0 Å². The highest BCUT2D eigenvalue weighted by atomic mass is 32.2. The number of nitrogens with zero attached hydrogens (tertiary/aromatic N) is 1. The van der Waals surface area contributed by atoms with E-state index in [-0.39, 0.29) is 16.2 Å². The highest BCUT2D eigenvalue weighted by Gasteiger charge is 2.32. The van der Waals surface area contributed by atoms with Crippen LogP contribution in [-0.2, 0) is 14.8 Å². The van der Waals surface area contributed by atoms with Crippen LogP contribution in [0.2, 0.25) is 0 Å². The first kappa shape index (κ1) is 17.5. The van der Waals surface area contributed by atoms with Crippen molar-refractivity contribution in [2.45, 2.75) is 11.8 Å². The van der Waals surface area contributed by atoms with Gasteiger partial charge in [-0.05, 0) is 48.9 Å². The maximum Gasteiger partial charge on any atom is 0.292 e. The van der Waals surface area contributed by atoms with Gasteiger partial charge in [-0.3, -0.25) is 9.52 Å². The van der Waals surface area contributed by atoms with Crippen LogP contribution in [0.25, 0.3) is 5.76 Å². The van der Waals surface area contributed by atoms with Crippen LogP contribution in [0.15, 0.2) is 64.2 Å². The van der Waals surface area contributed by atoms with E-state index in [1.165, 1.54) is 30.3 Å². The quantitative estimate of drug-likeness (QED) is 0.478. The summed E-state index contributed by atoms with van der Waals surface area (Å²) in [7, 11) is -3.97. The second-order valence-corrected chi connectivity index (χ2v) is 7.16. The lowest BCUT2D eigenvalue weighted by Crippen LogP contribution is -2.37. The third kappa shape index (κ3) is 3.24. The molecule has 0 spiro atoms. The molecule has 0 saturated carbocycles. The molecule has 134 valence electrons. The van der Waals surface area contributed by atoms with Crippen molar-refractivity contribution >= 4 is 27.4 Å². The Morgan fingerprint density at radius 3 is 2.42 bits per heavy atom. The molecule has 0 unspecified atom stereocenters. The number of carbonyl (C=O) groups is 1. The standard InChI is InChI=1S/C17H15N3O5S/c1-10(11-6-8-12(21)9-7-11)18-19-17(23)15-16(22)13-4-2-3-5-14(13)26(24,25)20-15/h2-9,20-22H,1H3,(H,19,23)/b18-10+. The van der Waals surface area contributed by atoms with Crippen molar-refractivity contribution in [2.24, 2.45) is 5.10 Å². The minimum atomic E-state index is -3.97. The average Bonchev–Trinajstić information content (AvgIpc) is 2.63. The topological polar surface area (TPSA) is 128 Å². The van der Waals surface area contributed by atoms with Crippen LogP contribution in [-0.4, -0.2) is 30.2 Å². The van der Waals surface area contributed by atoms with Crippen LogP contribution in [0.5, 0.6) is 5.75 Å². The van der Waals surface area contributed by atoms with Gasteiger partial charge in [0.15, 0.2) is 11.5 Å². The molecule has 4 N–H and O–H groups in total. The number of aromatic hydroxyl groups is 1. The Labute approximate surface area is 149 Å². The largest absolute Gasteiger partial charge is 0.508 e. The Balaban J connectivity index is 1.88. The Morgan fingerprint density at radius 1 is 1.08 bits per heavy atom. The zero-order valence-electron chi connectivity index (χ0n) is 13.6. The molecule has 1 aliphatic heterocycles. The van der Waals surface area contributed by atoms with E-state index in [0.717, 1.165) is 0 Å². The maximum atomic E-state index is 12.3. The monoisotopic (exact) mass is 373 g/mol. The summed E-state index contributed by atoms with van der Waals surface area (Å²) < 4.78 is 26.5. The molecule has 2 aromatic rings. The number of nitrogens with one attached hydrogen (secondary N) is 2. The Hall–Kier alpha value is -3.33. The van der Waals surface area contributed by atoms with E-state index in [9.17, 15) is 23.4 Å². The van der Waals surface area contributed by atoms with Crippen LogP contribution in [0, 0.1) is 0 Å². The van der Waals surface area contributed by atoms with E-state index in [2.05, 4.69) is 15.2 Å². The molecule has 0 fully saturated rings. The fourth-order valence-electron chi connectivity index (χ4n) is 2.38. The minimum absolute atomic E-state index is 0.0376. The van der Waals surface area contributed by atoms with Crippen LogP contribution in [0.3, 0.4) is 0 Å². The van der Waals surface area contributed by atoms with Crippen molar-refractivity contribution in [3.8, 4) is 5.75 Å². The summed E-state index contributed by atoms with van der Waals surface area (Å²) in [5, 5.41) is 23.4. The Kier molecular flexibility index (Phi) is 4.39. The van der Waals surface area contributed by atoms with Gasteiger partial charge in [-0.2, -0.15) is 5.10 Å². The molecule has 0 bridgehead atoms. The van der Waals surface area contributed by atoms with Gasteiger partial charge >= 0.3 is 0 Å². The van der Waals surface area contributed by atoms with Crippen LogP contribution >= 0.6 is 0 Å². The van der Waals surface area contributed by atoms with E-state index < -0.39 is 27.4 Å². The number of rotatable bonds is 3. The van der Waals surface area contributed by atoms with Gasteiger partial charge < -0.3 is 10.2 Å². The van der Waals surface area contributed by atoms with Crippen molar-refractivity contribution in [1.82, 2.24) is 10.1 Å². The second kappa shape index (κ2) is 6.52. The van der Waals surface area contributed by atoms with Gasteiger partial charge in [0, 0.05) is 5.56 Å². The first-order chi connectivity index (χ1) is 12.3. The summed E-state index contributed by atoms with van der Waals surface area (Å²) in [6.45, 7) is 1.63. The normalized spacial score (nSPS) is 15.8. The molecule has 1 heterocycles. The molecule has 26 heavy (non-hydrogen) atoms. The summed E-state index contributed by atoms with van der Waals surface area (Å²) in [6, 6.07) is 12.0. The maximum absolute atomic E-state index is 12.3. The van der Waals surface area contributed by atoms with Crippen molar-refractivity contribution < 1.29 is 23.4 Å². The summed E-state index contributed by atoms with van der Waals surface area (Å²) >= 11 is 0. The van der Waals surface area contributed by atoms with Crippen LogP contribution in [0.4, 0.5) is 0 Å². The predicted octanol–water partition coefficient (Wildman–Crippen LogP) is 1.45. The number of benzene rings is 2. The number of amides is 1. The SMILES string of the molecule is C/C(=N\NC(=O)C1=C(O)c2ccccc2S(=O)(=O)N1)c1ccc(O)cc1. The highest BCUT2D eigenvalue weighted by molar-refractivity contribution is 7.89. The molecule has 8 nitrogen and oxygen atoms in total. The molecule has 0 atom stereocenters. The van der Waals surface area contributed by atoms with Crippen molar-refractivity contribution in [3.63, 3.8) is 0 Å². The van der Waals surface area contributed by atoms with E-state index in [0.29, 0.717) is 11.3 Å². The number of hydrazone groups is 1. The smallest absolute Gasteiger partial charge is 0.292 e. The van der Waals surface area contributed by atoms with Crippen LogP contribution in [0.1, 0.15) is 18.1 Å². The number of carbonyl (C=O) groups excluding carboxylic acids is 1. The summed E-state index contributed by atoms with van der Waals surface area (Å²) in [5.74, 6) is -1.29. The number of hydrogen-bond donors (Lipinski definition) is 4. The van der Waals surface area contributed by atoms with Gasteiger partial charge in [0.1, 0.15) is 5.75 Å². The van der Waals surface area contributed by atoms with E-state index in [1.807, 2.05) is 0 Å². The van der Waals surface area contributed by atoms with E-state index in [1.54, 1.807) is 25.1 Å². The summed E-state index contributed by atoms with van der Waals surface area (Å²) in [5.41, 5.74) is 2.81. The zero-order chi connectivity index (χ0) is 18.9. The number of hydrogen-bond acceptors (Lipinski definition) is 6. The lowest BCUT2D eigenvalue weighted by Gasteiger charge is -2.20. The molecule has 1 amide bonds. The number of phenols is 1. The summed E-state index contributed by atoms with van der Waals surface area (Å²) in [6.07, 6.45) is 0. The third-order valence-electron chi connectivity index (χ3n) is 3.74. The van der Waals surface area contributed by atoms with Gasteiger partial charge in [0.05, 0.1) is 10.6 Å². The molecule has 0 radical (unpaired) electrons. The first-order valence-electron chi connectivity index (χ1n) is 7.49. The molecular weight excluding hydrogens is 358 g/mol. The molecule has 0 saturated heterocycles. The lowest BCUT2D eigenvalue weighted by molar-refractivity contribution is -0.117. The van der Waals surface area contributed by atoms with Gasteiger partial charge in [0.2, 0.25) is 0 Å². The van der Waals surface area contributed by atoms with Crippen molar-refractivity contribution in [2.75, 3.05) is 0 Å².